The van der Waals surface area contributed by atoms with E-state index in [0.717, 1.165) is 25.7 Å². The Morgan fingerprint density at radius 2 is 2.00 bits per heavy atom. The molecule has 21 heavy (non-hydrogen) atoms. The standard InChI is InChI=1S/C15H24N2O3S/c16-10-9-14(18)13-7-4-8-15(17-13)21(19,20)11-12-5-2-1-3-6-12/h4,7-8,12,14,18H,1-3,5-6,9-11,16H2/t14-/m1/s1. The molecule has 1 fully saturated rings. The van der Waals surface area contributed by atoms with Crippen LogP contribution in [0.4, 0.5) is 0 Å². The number of nitrogens with two attached hydrogens (primary N) is 1. The first-order valence-electron chi connectivity index (χ1n) is 7.61. The zero-order valence-electron chi connectivity index (χ0n) is 12.2. The lowest BCUT2D eigenvalue weighted by molar-refractivity contribution is 0.165. The van der Waals surface area contributed by atoms with Crippen LogP contribution in [0.25, 0.3) is 0 Å². The van der Waals surface area contributed by atoms with Crippen LogP contribution in [0.2, 0.25) is 0 Å². The molecular weight excluding hydrogens is 288 g/mol. The molecule has 5 nitrogen and oxygen atoms in total. The molecule has 0 aromatic carbocycles. The monoisotopic (exact) mass is 312 g/mol. The highest BCUT2D eigenvalue weighted by atomic mass is 32.2. The molecule has 0 saturated heterocycles. The molecule has 1 aromatic rings. The van der Waals surface area contributed by atoms with Crippen LogP contribution in [0.3, 0.4) is 0 Å². The van der Waals surface area contributed by atoms with Crippen molar-refractivity contribution in [3.63, 3.8) is 0 Å². The van der Waals surface area contributed by atoms with Gasteiger partial charge in [0.25, 0.3) is 0 Å². The molecule has 1 saturated carbocycles. The summed E-state index contributed by atoms with van der Waals surface area (Å²) >= 11 is 0. The van der Waals surface area contributed by atoms with Crippen LogP contribution in [0.5, 0.6) is 0 Å². The molecule has 0 unspecified atom stereocenters. The predicted octanol–water partition coefficient (Wildman–Crippen LogP) is 1.82. The minimum atomic E-state index is -3.38. The number of hydrogen-bond acceptors (Lipinski definition) is 5. The molecule has 6 heteroatoms. The topological polar surface area (TPSA) is 93.3 Å². The van der Waals surface area contributed by atoms with Crippen molar-refractivity contribution in [1.82, 2.24) is 4.98 Å². The molecule has 118 valence electrons. The van der Waals surface area contributed by atoms with Crippen LogP contribution in [0.15, 0.2) is 23.2 Å². The summed E-state index contributed by atoms with van der Waals surface area (Å²) in [5.41, 5.74) is 5.79. The third kappa shape index (κ3) is 4.49. The minimum Gasteiger partial charge on any atom is -0.387 e. The summed E-state index contributed by atoms with van der Waals surface area (Å²) in [5.74, 6) is 0.402. The molecule has 2 rings (SSSR count). The van der Waals surface area contributed by atoms with E-state index < -0.39 is 15.9 Å². The summed E-state index contributed by atoms with van der Waals surface area (Å²) in [4.78, 5) is 4.13. The second-order valence-electron chi connectivity index (χ2n) is 5.78. The van der Waals surface area contributed by atoms with E-state index in [2.05, 4.69) is 4.98 Å². The Hall–Kier alpha value is -0.980. The Labute approximate surface area is 126 Å². The van der Waals surface area contributed by atoms with Gasteiger partial charge in [0.15, 0.2) is 14.9 Å². The summed E-state index contributed by atoms with van der Waals surface area (Å²) in [5, 5.41) is 9.97. The number of aliphatic hydroxyl groups excluding tert-OH is 1. The third-order valence-corrected chi connectivity index (χ3v) is 5.80. The van der Waals surface area contributed by atoms with Gasteiger partial charge in [0.05, 0.1) is 17.6 Å². The summed E-state index contributed by atoms with van der Waals surface area (Å²) in [6.07, 6.45) is 4.96. The van der Waals surface area contributed by atoms with Crippen molar-refractivity contribution in [2.45, 2.75) is 49.7 Å². The largest absolute Gasteiger partial charge is 0.387 e. The molecule has 1 aromatic heterocycles. The summed E-state index contributed by atoms with van der Waals surface area (Å²) in [6, 6.07) is 4.78. The van der Waals surface area contributed by atoms with E-state index in [0.29, 0.717) is 18.7 Å². The van der Waals surface area contributed by atoms with Crippen molar-refractivity contribution in [2.24, 2.45) is 11.7 Å². The SMILES string of the molecule is NCC[C@@H](O)c1cccc(S(=O)(=O)CC2CCCCC2)n1. The van der Waals surface area contributed by atoms with Gasteiger partial charge in [-0.05, 0) is 43.9 Å². The summed E-state index contributed by atoms with van der Waals surface area (Å²) in [7, 11) is -3.38. The number of sulfone groups is 1. The Kier molecular flexibility index (Phi) is 5.72. The van der Waals surface area contributed by atoms with Gasteiger partial charge >= 0.3 is 0 Å². The molecule has 1 aliphatic rings. The van der Waals surface area contributed by atoms with Gasteiger partial charge in [0, 0.05) is 0 Å². The first-order valence-corrected chi connectivity index (χ1v) is 9.26. The quantitative estimate of drug-likeness (QED) is 0.835. The fraction of sp³-hybridized carbons (Fsp3) is 0.667. The first-order chi connectivity index (χ1) is 10.0. The Balaban J connectivity index is 2.13. The van der Waals surface area contributed by atoms with Crippen molar-refractivity contribution >= 4 is 9.84 Å². The van der Waals surface area contributed by atoms with Crippen LogP contribution in [-0.4, -0.2) is 30.8 Å². The highest BCUT2D eigenvalue weighted by molar-refractivity contribution is 7.91. The van der Waals surface area contributed by atoms with Crippen LogP contribution in [0.1, 0.15) is 50.3 Å². The smallest absolute Gasteiger partial charge is 0.195 e. The maximum atomic E-state index is 12.5. The van der Waals surface area contributed by atoms with E-state index >= 15 is 0 Å². The number of pyridine rings is 1. The molecule has 1 atom stereocenters. The highest BCUT2D eigenvalue weighted by Gasteiger charge is 2.24. The summed E-state index contributed by atoms with van der Waals surface area (Å²) in [6.45, 7) is 0.335. The van der Waals surface area contributed by atoms with E-state index in [4.69, 9.17) is 5.73 Å². The summed E-state index contributed by atoms with van der Waals surface area (Å²) < 4.78 is 24.9. The van der Waals surface area contributed by atoms with E-state index in [1.807, 2.05) is 0 Å². The first kappa shape index (κ1) is 16.4. The van der Waals surface area contributed by atoms with E-state index in [1.54, 1.807) is 12.1 Å². The lowest BCUT2D eigenvalue weighted by Gasteiger charge is -2.21. The van der Waals surface area contributed by atoms with Crippen LogP contribution in [-0.2, 0) is 9.84 Å². The zero-order chi connectivity index (χ0) is 15.3. The lowest BCUT2D eigenvalue weighted by atomic mass is 9.91. The van der Waals surface area contributed by atoms with Gasteiger partial charge in [-0.1, -0.05) is 25.3 Å². The third-order valence-electron chi connectivity index (χ3n) is 4.03. The Bertz CT molecular complexity index is 554. The van der Waals surface area contributed by atoms with Crippen LogP contribution >= 0.6 is 0 Å². The number of aromatic nitrogens is 1. The molecule has 0 bridgehead atoms. The van der Waals surface area contributed by atoms with Crippen LogP contribution < -0.4 is 5.73 Å². The van der Waals surface area contributed by atoms with Crippen LogP contribution in [0, 0.1) is 5.92 Å². The van der Waals surface area contributed by atoms with Crippen molar-refractivity contribution in [3.8, 4) is 0 Å². The van der Waals surface area contributed by atoms with Crippen molar-refractivity contribution in [2.75, 3.05) is 12.3 Å². The molecular formula is C15H24N2O3S. The predicted molar refractivity (Wildman–Crippen MR) is 81.5 cm³/mol. The van der Waals surface area contributed by atoms with Gasteiger partial charge in [-0.2, -0.15) is 0 Å². The average Bonchev–Trinajstić information content (AvgIpc) is 2.48. The Morgan fingerprint density at radius 1 is 1.29 bits per heavy atom. The van der Waals surface area contributed by atoms with Gasteiger partial charge in [-0.15, -0.1) is 0 Å². The maximum Gasteiger partial charge on any atom is 0.195 e. The molecule has 3 N–H and O–H groups in total. The van der Waals surface area contributed by atoms with Crippen molar-refractivity contribution in [3.05, 3.63) is 23.9 Å². The van der Waals surface area contributed by atoms with Gasteiger partial charge in [0.2, 0.25) is 0 Å². The van der Waals surface area contributed by atoms with Crippen molar-refractivity contribution < 1.29 is 13.5 Å². The molecule has 0 spiro atoms. The molecule has 0 radical (unpaired) electrons. The fourth-order valence-corrected chi connectivity index (χ4v) is 4.50. The number of hydrogen-bond donors (Lipinski definition) is 2. The number of aliphatic hydroxyl groups is 1. The lowest BCUT2D eigenvalue weighted by Crippen LogP contribution is -2.20. The van der Waals surface area contributed by atoms with Gasteiger partial charge < -0.3 is 10.8 Å². The molecule has 0 aliphatic heterocycles. The van der Waals surface area contributed by atoms with E-state index in [-0.39, 0.29) is 16.7 Å². The van der Waals surface area contributed by atoms with Gasteiger partial charge in [-0.3, -0.25) is 0 Å². The Morgan fingerprint density at radius 3 is 2.67 bits per heavy atom. The van der Waals surface area contributed by atoms with Gasteiger partial charge in [0.1, 0.15) is 0 Å². The van der Waals surface area contributed by atoms with Gasteiger partial charge in [-0.25, -0.2) is 13.4 Å². The maximum absolute atomic E-state index is 12.5. The highest BCUT2D eigenvalue weighted by Crippen LogP contribution is 2.27. The van der Waals surface area contributed by atoms with E-state index in [9.17, 15) is 13.5 Å². The molecule has 0 amide bonds. The fourth-order valence-electron chi connectivity index (χ4n) is 2.84. The molecule has 1 heterocycles. The van der Waals surface area contributed by atoms with E-state index in [1.165, 1.54) is 12.5 Å². The number of nitrogens with zero attached hydrogens (tertiary/aromatic N) is 1. The average molecular weight is 312 g/mol. The molecule has 1 aliphatic carbocycles. The second-order valence-corrected chi connectivity index (χ2v) is 7.76. The van der Waals surface area contributed by atoms with Crippen molar-refractivity contribution in [1.29, 1.82) is 0 Å². The minimum absolute atomic E-state index is 0.0710. The zero-order valence-corrected chi connectivity index (χ0v) is 13.1. The normalized spacial score (nSPS) is 18.6. The second kappa shape index (κ2) is 7.33. The number of rotatable bonds is 6.